The van der Waals surface area contributed by atoms with Gasteiger partial charge >= 0.3 is 0 Å². The maximum atomic E-state index is 9.89. The Balaban J connectivity index is 1.82. The molecule has 0 fully saturated rings. The Kier molecular flexibility index (Phi) is 3.93. The Hall–Kier alpha value is -1.17. The van der Waals surface area contributed by atoms with E-state index in [1.165, 1.54) is 5.56 Å². The molecule has 4 nitrogen and oxygen atoms in total. The van der Waals surface area contributed by atoms with E-state index in [2.05, 4.69) is 10.4 Å². The fraction of sp³-hybridized carbons (Fsp3) is 0.417. The zero-order valence-corrected chi connectivity index (χ0v) is 10.9. The van der Waals surface area contributed by atoms with Crippen molar-refractivity contribution in [2.75, 3.05) is 6.54 Å². The highest BCUT2D eigenvalue weighted by Gasteiger charge is 2.08. The topological polar surface area (TPSA) is 50.1 Å². The van der Waals surface area contributed by atoms with Gasteiger partial charge in [0.2, 0.25) is 0 Å². The predicted molar refractivity (Wildman–Crippen MR) is 68.9 cm³/mol. The van der Waals surface area contributed by atoms with Crippen molar-refractivity contribution in [3.05, 3.63) is 39.8 Å². The van der Waals surface area contributed by atoms with E-state index in [4.69, 9.17) is 0 Å². The van der Waals surface area contributed by atoms with Crippen LogP contribution < -0.4 is 5.32 Å². The van der Waals surface area contributed by atoms with Crippen LogP contribution in [0.15, 0.2) is 23.0 Å². The lowest BCUT2D eigenvalue weighted by Gasteiger charge is -2.10. The summed E-state index contributed by atoms with van der Waals surface area (Å²) in [6.45, 7) is 3.34. The van der Waals surface area contributed by atoms with Gasteiger partial charge < -0.3 is 10.4 Å². The summed E-state index contributed by atoms with van der Waals surface area (Å²) >= 11 is 1.60. The molecule has 0 aliphatic heterocycles. The second-order valence-electron chi connectivity index (χ2n) is 4.08. The molecule has 0 aliphatic rings. The Labute approximate surface area is 105 Å². The number of rotatable bonds is 5. The molecule has 0 bridgehead atoms. The van der Waals surface area contributed by atoms with Crippen LogP contribution >= 0.6 is 11.3 Å². The van der Waals surface area contributed by atoms with Gasteiger partial charge in [-0.25, -0.2) is 0 Å². The highest BCUT2D eigenvalue weighted by molar-refractivity contribution is 7.07. The number of thiophene rings is 1. The Morgan fingerprint density at radius 3 is 3.00 bits per heavy atom. The van der Waals surface area contributed by atoms with E-state index in [0.29, 0.717) is 6.54 Å². The summed E-state index contributed by atoms with van der Waals surface area (Å²) in [5, 5.41) is 21.3. The molecule has 2 rings (SSSR count). The molecule has 0 amide bonds. The number of hydrogen-bond donors (Lipinski definition) is 2. The summed E-state index contributed by atoms with van der Waals surface area (Å²) in [6, 6.07) is 1.95. The smallest absolute Gasteiger partial charge is 0.0922 e. The van der Waals surface area contributed by atoms with E-state index in [0.717, 1.165) is 17.8 Å². The van der Waals surface area contributed by atoms with Crippen molar-refractivity contribution < 1.29 is 5.11 Å². The molecular formula is C12H17N3OS. The molecule has 2 aromatic rings. The Bertz CT molecular complexity index is 464. The standard InChI is InChI=1S/C12H17N3OS/c1-9-11(6-14-15(9)2)5-13-7-12(16)10-3-4-17-8-10/h3-4,6,8,12-13,16H,5,7H2,1-2H3. The molecule has 0 aromatic carbocycles. The third kappa shape index (κ3) is 2.94. The molecule has 1 atom stereocenters. The lowest BCUT2D eigenvalue weighted by molar-refractivity contribution is 0.175. The third-order valence-corrected chi connectivity index (χ3v) is 3.62. The highest BCUT2D eigenvalue weighted by atomic mass is 32.1. The summed E-state index contributed by atoms with van der Waals surface area (Å²) in [6.07, 6.45) is 1.43. The predicted octanol–water partition coefficient (Wildman–Crippen LogP) is 1.61. The summed E-state index contributed by atoms with van der Waals surface area (Å²) in [4.78, 5) is 0. The minimum atomic E-state index is -0.432. The fourth-order valence-electron chi connectivity index (χ4n) is 1.64. The first-order valence-electron chi connectivity index (χ1n) is 5.57. The van der Waals surface area contributed by atoms with Crippen LogP contribution in [0.2, 0.25) is 0 Å². The number of nitrogens with one attached hydrogen (secondary N) is 1. The molecule has 0 aliphatic carbocycles. The first-order valence-corrected chi connectivity index (χ1v) is 6.51. The van der Waals surface area contributed by atoms with Crippen LogP contribution in [-0.2, 0) is 13.6 Å². The van der Waals surface area contributed by atoms with Crippen LogP contribution in [-0.4, -0.2) is 21.4 Å². The number of hydrogen-bond acceptors (Lipinski definition) is 4. The molecule has 1 unspecified atom stereocenters. The van der Waals surface area contributed by atoms with Gasteiger partial charge in [0.05, 0.1) is 12.3 Å². The van der Waals surface area contributed by atoms with Gasteiger partial charge in [0.1, 0.15) is 0 Å². The zero-order valence-electron chi connectivity index (χ0n) is 10.1. The van der Waals surface area contributed by atoms with Crippen molar-refractivity contribution in [1.29, 1.82) is 0 Å². The number of aromatic nitrogens is 2. The van der Waals surface area contributed by atoms with E-state index in [9.17, 15) is 5.11 Å². The molecule has 92 valence electrons. The minimum absolute atomic E-state index is 0.432. The lowest BCUT2D eigenvalue weighted by Crippen LogP contribution is -2.21. The molecule has 0 radical (unpaired) electrons. The van der Waals surface area contributed by atoms with Crippen molar-refractivity contribution in [3.8, 4) is 0 Å². The average Bonchev–Trinajstić information content (AvgIpc) is 2.93. The second kappa shape index (κ2) is 5.44. The number of aryl methyl sites for hydroxylation is 1. The van der Waals surface area contributed by atoms with Crippen molar-refractivity contribution in [2.45, 2.75) is 19.6 Å². The maximum Gasteiger partial charge on any atom is 0.0922 e. The van der Waals surface area contributed by atoms with E-state index in [-0.39, 0.29) is 0 Å². The molecule has 2 N–H and O–H groups in total. The van der Waals surface area contributed by atoms with Gasteiger partial charge in [-0.15, -0.1) is 0 Å². The van der Waals surface area contributed by atoms with Crippen LogP contribution in [0.5, 0.6) is 0 Å². The van der Waals surface area contributed by atoms with E-state index >= 15 is 0 Å². The van der Waals surface area contributed by atoms with Gasteiger partial charge in [-0.3, -0.25) is 4.68 Å². The van der Waals surface area contributed by atoms with Crippen molar-refractivity contribution in [2.24, 2.45) is 7.05 Å². The van der Waals surface area contributed by atoms with Crippen LogP contribution in [0.25, 0.3) is 0 Å². The molecule has 2 heterocycles. The van der Waals surface area contributed by atoms with Crippen LogP contribution in [0.3, 0.4) is 0 Å². The first kappa shape index (κ1) is 12.3. The SMILES string of the molecule is Cc1c(CNCC(O)c2ccsc2)cnn1C. The van der Waals surface area contributed by atoms with Gasteiger partial charge in [0, 0.05) is 31.4 Å². The zero-order chi connectivity index (χ0) is 12.3. The number of nitrogens with zero attached hydrogens (tertiary/aromatic N) is 2. The molecule has 5 heteroatoms. The van der Waals surface area contributed by atoms with Crippen LogP contribution in [0, 0.1) is 6.92 Å². The van der Waals surface area contributed by atoms with Crippen LogP contribution in [0.4, 0.5) is 0 Å². The fourth-order valence-corrected chi connectivity index (χ4v) is 2.35. The van der Waals surface area contributed by atoms with Gasteiger partial charge in [-0.1, -0.05) is 0 Å². The number of aliphatic hydroxyl groups excluding tert-OH is 1. The largest absolute Gasteiger partial charge is 0.387 e. The van der Waals surface area contributed by atoms with Crippen LogP contribution in [0.1, 0.15) is 22.9 Å². The van der Waals surface area contributed by atoms with E-state index < -0.39 is 6.10 Å². The summed E-state index contributed by atoms with van der Waals surface area (Å²) in [5.74, 6) is 0. The molecule has 0 spiro atoms. The maximum absolute atomic E-state index is 9.89. The summed E-state index contributed by atoms with van der Waals surface area (Å²) < 4.78 is 1.85. The summed E-state index contributed by atoms with van der Waals surface area (Å²) in [5.41, 5.74) is 3.30. The van der Waals surface area contributed by atoms with Gasteiger partial charge in [-0.2, -0.15) is 16.4 Å². The Morgan fingerprint density at radius 1 is 1.59 bits per heavy atom. The quantitative estimate of drug-likeness (QED) is 0.849. The second-order valence-corrected chi connectivity index (χ2v) is 4.86. The van der Waals surface area contributed by atoms with Gasteiger partial charge in [0.25, 0.3) is 0 Å². The molecule has 17 heavy (non-hydrogen) atoms. The lowest BCUT2D eigenvalue weighted by atomic mass is 10.2. The van der Waals surface area contributed by atoms with Gasteiger partial charge in [0.15, 0.2) is 0 Å². The first-order chi connectivity index (χ1) is 8.18. The molecular weight excluding hydrogens is 234 g/mol. The van der Waals surface area contributed by atoms with E-state index in [1.807, 2.05) is 41.7 Å². The molecule has 2 aromatic heterocycles. The van der Waals surface area contributed by atoms with Gasteiger partial charge in [-0.05, 0) is 29.3 Å². The van der Waals surface area contributed by atoms with Crippen molar-refractivity contribution in [1.82, 2.24) is 15.1 Å². The average molecular weight is 251 g/mol. The van der Waals surface area contributed by atoms with Crippen molar-refractivity contribution >= 4 is 11.3 Å². The minimum Gasteiger partial charge on any atom is -0.387 e. The monoisotopic (exact) mass is 251 g/mol. The highest BCUT2D eigenvalue weighted by Crippen LogP contribution is 2.15. The van der Waals surface area contributed by atoms with E-state index in [1.54, 1.807) is 11.3 Å². The molecule has 0 saturated heterocycles. The third-order valence-electron chi connectivity index (χ3n) is 2.92. The Morgan fingerprint density at radius 2 is 2.41 bits per heavy atom. The number of aliphatic hydroxyl groups is 1. The summed E-state index contributed by atoms with van der Waals surface area (Å²) in [7, 11) is 1.93. The normalized spacial score (nSPS) is 12.9. The van der Waals surface area contributed by atoms with Crippen molar-refractivity contribution in [3.63, 3.8) is 0 Å². The molecule has 0 saturated carbocycles.